The molecule has 0 saturated heterocycles. The third-order valence-corrected chi connectivity index (χ3v) is 6.63. The summed E-state index contributed by atoms with van der Waals surface area (Å²) >= 11 is 0. The maximum absolute atomic E-state index is 12.3. The normalized spacial score (nSPS) is 17.8. The zero-order valence-corrected chi connectivity index (χ0v) is 19.0. The van der Waals surface area contributed by atoms with E-state index in [1.54, 1.807) is 4.57 Å². The molecule has 2 aliphatic rings. The summed E-state index contributed by atoms with van der Waals surface area (Å²) in [5.41, 5.74) is 4.65. The number of aromatic carboxylic acids is 1. The second kappa shape index (κ2) is 9.61. The van der Waals surface area contributed by atoms with Gasteiger partial charge in [-0.1, -0.05) is 48.5 Å². The molecule has 1 saturated carbocycles. The predicted octanol–water partition coefficient (Wildman–Crippen LogP) is 2.87. The van der Waals surface area contributed by atoms with Crippen molar-refractivity contribution in [1.82, 2.24) is 20.2 Å². The first-order valence-corrected chi connectivity index (χ1v) is 11.6. The number of fused-ring (bicyclic) bond motifs is 3. The Labute approximate surface area is 202 Å². The fourth-order valence-corrected chi connectivity index (χ4v) is 4.69. The van der Waals surface area contributed by atoms with Crippen molar-refractivity contribution < 1.29 is 24.2 Å². The molecular weight excluding hydrogens is 448 g/mol. The van der Waals surface area contributed by atoms with E-state index >= 15 is 0 Å². The second-order valence-corrected chi connectivity index (χ2v) is 8.90. The molecule has 35 heavy (non-hydrogen) atoms. The number of hydrogen-bond donors (Lipinski definition) is 3. The Balaban J connectivity index is 1.03. The smallest absolute Gasteiger partial charge is 0.407 e. The molecule has 0 aliphatic heterocycles. The molecule has 0 spiro atoms. The zero-order chi connectivity index (χ0) is 24.4. The van der Waals surface area contributed by atoms with Gasteiger partial charge in [-0.25, -0.2) is 14.6 Å². The van der Waals surface area contributed by atoms with E-state index in [-0.39, 0.29) is 36.0 Å². The predicted molar refractivity (Wildman–Crippen MR) is 127 cm³/mol. The monoisotopic (exact) mass is 474 g/mol. The summed E-state index contributed by atoms with van der Waals surface area (Å²) < 4.78 is 7.16. The molecule has 1 aromatic heterocycles. The minimum Gasteiger partial charge on any atom is -0.476 e. The second-order valence-electron chi connectivity index (χ2n) is 8.90. The number of rotatable bonds is 9. The summed E-state index contributed by atoms with van der Waals surface area (Å²) in [6.45, 7) is 1.45. The highest BCUT2D eigenvalue weighted by Crippen LogP contribution is 2.44. The summed E-state index contributed by atoms with van der Waals surface area (Å²) in [5, 5.41) is 14.5. The van der Waals surface area contributed by atoms with Crippen LogP contribution < -0.4 is 10.6 Å². The number of imidazole rings is 1. The number of nitrogens with one attached hydrogen (secondary N) is 2. The molecule has 0 radical (unpaired) electrons. The average molecular weight is 475 g/mol. The average Bonchev–Trinajstić information content (AvgIpc) is 3.36. The fraction of sp³-hybridized carbons (Fsp3) is 0.308. The van der Waals surface area contributed by atoms with E-state index < -0.39 is 12.1 Å². The maximum atomic E-state index is 12.3. The van der Waals surface area contributed by atoms with Crippen LogP contribution in [0, 0.1) is 11.8 Å². The minimum atomic E-state index is -1.09. The Morgan fingerprint density at radius 3 is 2.37 bits per heavy atom. The molecule has 2 unspecified atom stereocenters. The van der Waals surface area contributed by atoms with Crippen molar-refractivity contribution in [2.75, 3.05) is 19.7 Å². The lowest BCUT2D eigenvalue weighted by Crippen LogP contribution is -2.31. The summed E-state index contributed by atoms with van der Waals surface area (Å²) in [5.74, 6) is -1.20. The fourth-order valence-electron chi connectivity index (χ4n) is 4.69. The van der Waals surface area contributed by atoms with Crippen molar-refractivity contribution in [3.8, 4) is 11.1 Å². The number of nitrogens with zero attached hydrogens (tertiary/aromatic N) is 2. The summed E-state index contributed by atoms with van der Waals surface area (Å²) in [6, 6.07) is 16.4. The highest BCUT2D eigenvalue weighted by atomic mass is 16.5. The first-order valence-electron chi connectivity index (χ1n) is 11.6. The number of amides is 2. The molecular formula is C26H26N4O5. The highest BCUT2D eigenvalue weighted by Gasteiger charge is 2.42. The van der Waals surface area contributed by atoms with Gasteiger partial charge in [-0.2, -0.15) is 0 Å². The number of carboxylic acids is 1. The van der Waals surface area contributed by atoms with Crippen LogP contribution in [0.15, 0.2) is 61.1 Å². The maximum Gasteiger partial charge on any atom is 0.407 e. The van der Waals surface area contributed by atoms with Crippen molar-refractivity contribution in [2.24, 2.45) is 11.8 Å². The van der Waals surface area contributed by atoms with Crippen LogP contribution in [0.4, 0.5) is 4.79 Å². The molecule has 0 bridgehead atoms. The Kier molecular flexibility index (Phi) is 6.22. The molecule has 9 heteroatoms. The summed E-state index contributed by atoms with van der Waals surface area (Å²) in [4.78, 5) is 39.3. The van der Waals surface area contributed by atoms with Crippen molar-refractivity contribution >= 4 is 18.0 Å². The Hall–Kier alpha value is -4.14. The number of hydrogen-bond acceptors (Lipinski definition) is 5. The van der Waals surface area contributed by atoms with Crippen LogP contribution in [-0.2, 0) is 16.1 Å². The topological polar surface area (TPSA) is 123 Å². The van der Waals surface area contributed by atoms with Gasteiger partial charge < -0.3 is 25.0 Å². The Bertz CT molecular complexity index is 1220. The first-order chi connectivity index (χ1) is 17.0. The molecule has 1 heterocycles. The SMILES string of the molecule is O=C(NCC1CC1C(=O)NCCn1cnc(C(=O)O)c1)OCC1c2ccccc2-c2ccccc21. The van der Waals surface area contributed by atoms with E-state index in [0.717, 1.165) is 11.1 Å². The lowest BCUT2D eigenvalue weighted by molar-refractivity contribution is -0.122. The van der Waals surface area contributed by atoms with E-state index in [1.165, 1.54) is 23.7 Å². The van der Waals surface area contributed by atoms with Crippen LogP contribution >= 0.6 is 0 Å². The summed E-state index contributed by atoms with van der Waals surface area (Å²) in [6.07, 6.45) is 3.08. The van der Waals surface area contributed by atoms with Gasteiger partial charge in [0.05, 0.1) is 6.33 Å². The zero-order valence-electron chi connectivity index (χ0n) is 19.0. The molecule has 9 nitrogen and oxygen atoms in total. The van der Waals surface area contributed by atoms with Crippen LogP contribution in [0.3, 0.4) is 0 Å². The van der Waals surface area contributed by atoms with Gasteiger partial charge >= 0.3 is 12.1 Å². The lowest BCUT2D eigenvalue weighted by atomic mass is 9.98. The van der Waals surface area contributed by atoms with Crippen molar-refractivity contribution in [2.45, 2.75) is 18.9 Å². The Morgan fingerprint density at radius 1 is 1.03 bits per heavy atom. The molecule has 2 aliphatic carbocycles. The van der Waals surface area contributed by atoms with Gasteiger partial charge in [-0.3, -0.25) is 4.79 Å². The van der Waals surface area contributed by atoms with Crippen LogP contribution in [-0.4, -0.2) is 52.3 Å². The lowest BCUT2D eigenvalue weighted by Gasteiger charge is -2.14. The molecule has 2 amide bonds. The van der Waals surface area contributed by atoms with Gasteiger partial charge in [0.15, 0.2) is 5.69 Å². The van der Waals surface area contributed by atoms with E-state index in [0.29, 0.717) is 26.1 Å². The minimum absolute atomic E-state index is 0.00896. The number of benzene rings is 2. The molecule has 2 atom stereocenters. The van der Waals surface area contributed by atoms with E-state index in [1.807, 2.05) is 24.3 Å². The number of carboxylic acid groups (broad SMARTS) is 1. The van der Waals surface area contributed by atoms with Crippen LogP contribution in [0.5, 0.6) is 0 Å². The quantitative estimate of drug-likeness (QED) is 0.438. The standard InChI is InChI=1S/C26H26N4O5/c31-24(27-9-10-30-13-23(25(32)33)29-15-30)21-11-16(21)12-28-26(34)35-14-22-19-7-3-1-5-17(19)18-6-2-4-8-20(18)22/h1-8,13,15-16,21-22H,9-12,14H2,(H,27,31)(H,28,34)(H,32,33). The molecule has 180 valence electrons. The molecule has 5 rings (SSSR count). The molecule has 3 aromatic rings. The van der Waals surface area contributed by atoms with Crippen LogP contribution in [0.1, 0.15) is 34.0 Å². The van der Waals surface area contributed by atoms with Gasteiger partial charge in [-0.15, -0.1) is 0 Å². The third-order valence-electron chi connectivity index (χ3n) is 6.63. The number of carbonyl (C=O) groups excluding carboxylic acids is 2. The summed E-state index contributed by atoms with van der Waals surface area (Å²) in [7, 11) is 0. The molecule has 3 N–H and O–H groups in total. The number of carbonyl (C=O) groups is 3. The first kappa shape index (κ1) is 22.6. The van der Waals surface area contributed by atoms with E-state index in [9.17, 15) is 14.4 Å². The van der Waals surface area contributed by atoms with Gasteiger partial charge in [0.2, 0.25) is 5.91 Å². The van der Waals surface area contributed by atoms with Gasteiger partial charge in [0.1, 0.15) is 6.61 Å². The van der Waals surface area contributed by atoms with Crippen molar-refractivity contribution in [3.05, 3.63) is 77.9 Å². The van der Waals surface area contributed by atoms with Crippen molar-refractivity contribution in [1.29, 1.82) is 0 Å². The number of aromatic nitrogens is 2. The van der Waals surface area contributed by atoms with Gasteiger partial charge in [0, 0.05) is 37.7 Å². The number of alkyl carbamates (subject to hydrolysis) is 1. The van der Waals surface area contributed by atoms with Crippen LogP contribution in [0.2, 0.25) is 0 Å². The third kappa shape index (κ3) is 4.89. The van der Waals surface area contributed by atoms with E-state index in [4.69, 9.17) is 9.84 Å². The molecule has 2 aromatic carbocycles. The highest BCUT2D eigenvalue weighted by molar-refractivity contribution is 5.85. The van der Waals surface area contributed by atoms with Gasteiger partial charge in [0.25, 0.3) is 0 Å². The molecule has 1 fully saturated rings. The van der Waals surface area contributed by atoms with Crippen molar-refractivity contribution in [3.63, 3.8) is 0 Å². The number of ether oxygens (including phenoxy) is 1. The van der Waals surface area contributed by atoms with E-state index in [2.05, 4.69) is 39.9 Å². The van der Waals surface area contributed by atoms with Gasteiger partial charge in [-0.05, 0) is 34.6 Å². The van der Waals surface area contributed by atoms with Crippen LogP contribution in [0.25, 0.3) is 11.1 Å². The Morgan fingerprint density at radius 2 is 1.71 bits per heavy atom. The largest absolute Gasteiger partial charge is 0.476 e.